The molecule has 56 heavy (non-hydrogen) atoms. The molecule has 0 saturated carbocycles. The van der Waals surface area contributed by atoms with E-state index in [0.29, 0.717) is 51.4 Å². The van der Waals surface area contributed by atoms with Gasteiger partial charge in [-0.15, -0.1) is 0 Å². The fraction of sp³-hybridized carbons (Fsp3) is 1.00. The molecule has 0 radical (unpaired) electrons. The Labute approximate surface area is 339 Å². The number of hydrogen-bond donors (Lipinski definition) is 0. The molecule has 0 bridgehead atoms. The standard InChI is InChI=1S/C36H78O16P4/c1-9-17-25-41-53(37,42-26-18-10-2)49-33-35(51-55(39,45-29-21-13-5)46-30-22-14-6)36(52-56(40,47-31-23-15-7)48-32-24-16-8)34-50-54(38,43-27-19-11-3)44-28-20-12-4/h35-36H,9-34H2,1-8H3/t35-,36+. The van der Waals surface area contributed by atoms with Crippen molar-refractivity contribution in [2.45, 2.75) is 170 Å². The van der Waals surface area contributed by atoms with Crippen LogP contribution in [0.4, 0.5) is 0 Å². The van der Waals surface area contributed by atoms with Gasteiger partial charge in [0, 0.05) is 0 Å². The summed E-state index contributed by atoms with van der Waals surface area (Å²) in [7, 11) is -17.4. The molecule has 0 saturated heterocycles. The first-order valence-corrected chi connectivity index (χ1v) is 26.9. The van der Waals surface area contributed by atoms with E-state index in [1.807, 2.05) is 55.4 Å². The Morgan fingerprint density at radius 1 is 0.286 bits per heavy atom. The van der Waals surface area contributed by atoms with E-state index in [1.54, 1.807) is 0 Å². The Morgan fingerprint density at radius 2 is 0.464 bits per heavy atom. The van der Waals surface area contributed by atoms with Gasteiger partial charge in [-0.25, -0.2) is 18.3 Å². The van der Waals surface area contributed by atoms with Gasteiger partial charge >= 0.3 is 31.3 Å². The van der Waals surface area contributed by atoms with Crippen molar-refractivity contribution in [3.63, 3.8) is 0 Å². The molecule has 0 aromatic carbocycles. The highest BCUT2D eigenvalue weighted by molar-refractivity contribution is 7.49. The van der Waals surface area contributed by atoms with Crippen LogP contribution in [0.5, 0.6) is 0 Å². The topological polar surface area (TPSA) is 179 Å². The molecule has 0 spiro atoms. The third-order valence-corrected chi connectivity index (χ3v) is 13.7. The number of phosphoric ester groups is 4. The van der Waals surface area contributed by atoms with Crippen molar-refractivity contribution in [3.05, 3.63) is 0 Å². The van der Waals surface area contributed by atoms with Gasteiger partial charge in [0.15, 0.2) is 0 Å². The second-order valence-electron chi connectivity index (χ2n) is 13.2. The molecule has 16 nitrogen and oxygen atoms in total. The number of rotatable bonds is 43. The van der Waals surface area contributed by atoms with E-state index in [9.17, 15) is 18.3 Å². The van der Waals surface area contributed by atoms with Gasteiger partial charge < -0.3 is 0 Å². The minimum Gasteiger partial charge on any atom is -0.287 e. The van der Waals surface area contributed by atoms with E-state index < -0.39 is 56.7 Å². The van der Waals surface area contributed by atoms with E-state index >= 15 is 0 Å². The lowest BCUT2D eigenvalue weighted by Gasteiger charge is -2.32. The smallest absolute Gasteiger partial charge is 0.287 e. The van der Waals surface area contributed by atoms with E-state index in [4.69, 9.17) is 54.3 Å². The number of unbranched alkanes of at least 4 members (excludes halogenated alkanes) is 8. The average molecular weight is 891 g/mol. The predicted octanol–water partition coefficient (Wildman–Crippen LogP) is 12.8. The number of phosphoric acid groups is 4. The van der Waals surface area contributed by atoms with Crippen LogP contribution >= 0.6 is 31.3 Å². The summed E-state index contributed by atoms with van der Waals surface area (Å²) in [5.74, 6) is 0. The predicted molar refractivity (Wildman–Crippen MR) is 219 cm³/mol. The largest absolute Gasteiger partial charge is 0.475 e. The van der Waals surface area contributed by atoms with Crippen molar-refractivity contribution in [1.29, 1.82) is 0 Å². The van der Waals surface area contributed by atoms with Crippen molar-refractivity contribution in [2.75, 3.05) is 66.1 Å². The number of hydrogen-bond acceptors (Lipinski definition) is 16. The lowest BCUT2D eigenvalue weighted by Crippen LogP contribution is -2.38. The lowest BCUT2D eigenvalue weighted by molar-refractivity contribution is -0.0534. The average Bonchev–Trinajstić information content (AvgIpc) is 3.16. The van der Waals surface area contributed by atoms with Crippen LogP contribution < -0.4 is 0 Å². The Morgan fingerprint density at radius 3 is 0.643 bits per heavy atom. The second-order valence-corrected chi connectivity index (χ2v) is 19.7. The molecule has 0 N–H and O–H groups in total. The molecule has 20 heteroatoms. The summed E-state index contributed by atoms with van der Waals surface area (Å²) in [5, 5.41) is 0. The SMILES string of the molecule is CCCCOP(=O)(OCCCC)OC[C@H](OP(=O)(OCCCC)OCCCC)[C@@H](COP(=O)(OCCCC)OCCCC)OP(=O)(OCCCC)OCCCC. The van der Waals surface area contributed by atoms with Gasteiger partial charge in [-0.05, 0) is 51.4 Å². The van der Waals surface area contributed by atoms with Crippen molar-refractivity contribution >= 4 is 31.3 Å². The van der Waals surface area contributed by atoms with Crippen LogP contribution in [0.25, 0.3) is 0 Å². The Hall–Kier alpha value is 0.440. The van der Waals surface area contributed by atoms with Crippen LogP contribution in [0.2, 0.25) is 0 Å². The maximum atomic E-state index is 14.4. The van der Waals surface area contributed by atoms with Gasteiger partial charge in [0.2, 0.25) is 0 Å². The molecule has 0 aliphatic carbocycles. The van der Waals surface area contributed by atoms with Crippen molar-refractivity contribution in [1.82, 2.24) is 0 Å². The summed E-state index contributed by atoms with van der Waals surface area (Å²) < 4.78 is 126. The first-order valence-electron chi connectivity index (χ1n) is 21.1. The summed E-state index contributed by atoms with van der Waals surface area (Å²) in [4.78, 5) is 0. The Balaban J connectivity index is 7.30. The highest BCUT2D eigenvalue weighted by Gasteiger charge is 2.44. The highest BCUT2D eigenvalue weighted by atomic mass is 31.2. The summed E-state index contributed by atoms with van der Waals surface area (Å²) in [6.45, 7) is 14.6. The molecule has 0 heterocycles. The molecule has 0 fully saturated rings. The molecule has 0 aliphatic heterocycles. The van der Waals surface area contributed by atoms with Gasteiger partial charge in [0.1, 0.15) is 12.2 Å². The molecule has 0 amide bonds. The van der Waals surface area contributed by atoms with Gasteiger partial charge in [-0.2, -0.15) is 0 Å². The maximum Gasteiger partial charge on any atom is 0.475 e. The Kier molecular flexibility index (Phi) is 35.4. The molecule has 0 aliphatic rings. The van der Waals surface area contributed by atoms with E-state index in [0.717, 1.165) is 51.4 Å². The van der Waals surface area contributed by atoms with Crippen LogP contribution in [0.15, 0.2) is 0 Å². The monoisotopic (exact) mass is 890 g/mol. The normalized spacial score (nSPS) is 14.1. The minimum absolute atomic E-state index is 0.0265. The summed E-state index contributed by atoms with van der Waals surface area (Å²) in [6, 6.07) is 0. The molecule has 2 atom stereocenters. The molecular weight excluding hydrogens is 812 g/mol. The molecule has 0 unspecified atom stereocenters. The Bertz CT molecular complexity index is 977. The quantitative estimate of drug-likeness (QED) is 0.0416. The summed E-state index contributed by atoms with van der Waals surface area (Å²) in [6.07, 6.45) is 7.23. The maximum absolute atomic E-state index is 14.4. The third kappa shape index (κ3) is 28.1. The van der Waals surface area contributed by atoms with Crippen molar-refractivity contribution in [2.24, 2.45) is 0 Å². The van der Waals surface area contributed by atoms with Crippen LogP contribution in [0.3, 0.4) is 0 Å². The highest BCUT2D eigenvalue weighted by Crippen LogP contribution is 2.57. The molecule has 0 aromatic rings. The fourth-order valence-corrected chi connectivity index (χ4v) is 9.43. The third-order valence-electron chi connectivity index (χ3n) is 7.72. The van der Waals surface area contributed by atoms with E-state index in [1.165, 1.54) is 0 Å². The first kappa shape index (κ1) is 56.4. The molecule has 0 aromatic heterocycles. The summed E-state index contributed by atoms with van der Waals surface area (Å²) in [5.41, 5.74) is 0. The van der Waals surface area contributed by atoms with E-state index in [2.05, 4.69) is 0 Å². The van der Waals surface area contributed by atoms with Gasteiger partial charge in [0.05, 0.1) is 66.1 Å². The fourth-order valence-electron chi connectivity index (χ4n) is 4.06. The van der Waals surface area contributed by atoms with E-state index in [-0.39, 0.29) is 52.9 Å². The first-order chi connectivity index (χ1) is 26.9. The van der Waals surface area contributed by atoms with Crippen molar-refractivity contribution < 1.29 is 72.5 Å². The minimum atomic E-state index is -4.44. The zero-order chi connectivity index (χ0) is 42.0. The van der Waals surface area contributed by atoms with Gasteiger partial charge in [-0.1, -0.05) is 107 Å². The second kappa shape index (κ2) is 35.1. The van der Waals surface area contributed by atoms with Gasteiger partial charge in [0.25, 0.3) is 0 Å². The van der Waals surface area contributed by atoms with Crippen LogP contribution in [0, 0.1) is 0 Å². The van der Waals surface area contributed by atoms with Crippen LogP contribution in [-0.4, -0.2) is 78.3 Å². The molecule has 338 valence electrons. The van der Waals surface area contributed by atoms with Crippen LogP contribution in [-0.2, 0) is 72.5 Å². The molecular formula is C36H78O16P4. The zero-order valence-corrected chi connectivity index (χ0v) is 39.4. The zero-order valence-electron chi connectivity index (χ0n) is 35.9. The summed E-state index contributed by atoms with van der Waals surface area (Å²) >= 11 is 0. The molecule has 0 rings (SSSR count). The van der Waals surface area contributed by atoms with Crippen molar-refractivity contribution in [3.8, 4) is 0 Å². The lowest BCUT2D eigenvalue weighted by atomic mass is 10.2. The van der Waals surface area contributed by atoms with Gasteiger partial charge in [-0.3, -0.25) is 54.3 Å². The van der Waals surface area contributed by atoms with Crippen LogP contribution in [0.1, 0.15) is 158 Å².